The van der Waals surface area contributed by atoms with E-state index < -0.39 is 36.5 Å². The molecular weight excluding hydrogens is 451 g/mol. The molecule has 1 amide bonds. The standard InChI is InChI=1S/C19H22F3N5O4S/c1-10-12(9-25-8-6-23-16(25)24-17(29)31-2)32-15-13(10)14(28)27(11-3-4-11)18(30)26(15)7-5-19(20,21)22/h11H,3-9H2,1-2H3,(H,23,24,29). The molecule has 2 aliphatic rings. The van der Waals surface area contributed by atoms with Crippen molar-refractivity contribution in [1.82, 2.24) is 19.4 Å². The molecule has 32 heavy (non-hydrogen) atoms. The summed E-state index contributed by atoms with van der Waals surface area (Å²) < 4.78 is 45.5. The predicted octanol–water partition coefficient (Wildman–Crippen LogP) is 2.35. The molecule has 2 fully saturated rings. The Labute approximate surface area is 184 Å². The van der Waals surface area contributed by atoms with Crippen LogP contribution in [0.4, 0.5) is 18.0 Å². The molecule has 1 N–H and O–H groups in total. The summed E-state index contributed by atoms with van der Waals surface area (Å²) in [6.45, 7) is 2.54. The normalized spacial score (nSPS) is 17.9. The zero-order chi connectivity index (χ0) is 23.2. The summed E-state index contributed by atoms with van der Waals surface area (Å²) in [5, 5.41) is 3.26. The van der Waals surface area contributed by atoms with Crippen molar-refractivity contribution in [3.8, 4) is 0 Å². The van der Waals surface area contributed by atoms with Gasteiger partial charge in [-0.15, -0.1) is 16.3 Å². The van der Waals surface area contributed by atoms with Crippen LogP contribution in [0.2, 0.25) is 0 Å². The van der Waals surface area contributed by atoms with Crippen molar-refractivity contribution in [2.45, 2.75) is 51.5 Å². The molecule has 2 aromatic heterocycles. The Morgan fingerprint density at radius 1 is 1.31 bits per heavy atom. The van der Waals surface area contributed by atoms with E-state index in [1.807, 2.05) is 0 Å². The Morgan fingerprint density at radius 3 is 2.66 bits per heavy atom. The number of carbonyl (C=O) groups excluding carboxylic acids is 1. The number of hydrogen-bond donors (Lipinski definition) is 1. The summed E-state index contributed by atoms with van der Waals surface area (Å²) in [5.74, 6) is 0.318. The van der Waals surface area contributed by atoms with Crippen molar-refractivity contribution >= 4 is 33.6 Å². The maximum atomic E-state index is 13.1. The lowest BCUT2D eigenvalue weighted by atomic mass is 10.2. The Hall–Kier alpha value is -2.83. The number of thiophene rings is 1. The van der Waals surface area contributed by atoms with Gasteiger partial charge in [-0.05, 0) is 25.3 Å². The summed E-state index contributed by atoms with van der Waals surface area (Å²) in [6.07, 6.45) is -5.04. The molecule has 0 aromatic carbocycles. The predicted molar refractivity (Wildman–Crippen MR) is 112 cm³/mol. The summed E-state index contributed by atoms with van der Waals surface area (Å²) in [5.41, 5.74) is -0.536. The van der Waals surface area contributed by atoms with Crippen molar-refractivity contribution in [2.75, 3.05) is 20.2 Å². The smallest absolute Gasteiger partial charge is 0.436 e. The number of nitrogens with one attached hydrogen (secondary N) is 1. The first-order chi connectivity index (χ1) is 15.1. The molecule has 1 saturated carbocycles. The van der Waals surface area contributed by atoms with E-state index >= 15 is 0 Å². The molecule has 1 saturated heterocycles. The van der Waals surface area contributed by atoms with Crippen molar-refractivity contribution in [3.63, 3.8) is 0 Å². The highest BCUT2D eigenvalue weighted by Crippen LogP contribution is 2.35. The number of fused-ring (bicyclic) bond motifs is 1. The van der Waals surface area contributed by atoms with Gasteiger partial charge in [0.2, 0.25) is 5.96 Å². The third-order valence-electron chi connectivity index (χ3n) is 5.54. The van der Waals surface area contributed by atoms with Crippen LogP contribution in [0.1, 0.15) is 35.7 Å². The van der Waals surface area contributed by atoms with Crippen LogP contribution in [0.5, 0.6) is 0 Å². The van der Waals surface area contributed by atoms with E-state index in [1.165, 1.54) is 7.11 Å². The summed E-state index contributed by atoms with van der Waals surface area (Å²) in [7, 11) is 1.22. The van der Waals surface area contributed by atoms with E-state index in [9.17, 15) is 27.6 Å². The average molecular weight is 473 g/mol. The molecular formula is C19H22F3N5O4S. The van der Waals surface area contributed by atoms with Crippen LogP contribution >= 0.6 is 11.3 Å². The van der Waals surface area contributed by atoms with Crippen molar-refractivity contribution < 1.29 is 22.7 Å². The van der Waals surface area contributed by atoms with Gasteiger partial charge in [0.15, 0.2) is 0 Å². The molecule has 0 atom stereocenters. The number of hydrogen-bond acceptors (Lipinski definition) is 5. The maximum absolute atomic E-state index is 13.1. The SMILES string of the molecule is COC(=O)N=C1NCCN1Cc1sc2c(c1C)c(=O)n(C1CC1)c(=O)n2CCC(F)(F)F. The summed E-state index contributed by atoms with van der Waals surface area (Å²) in [4.78, 5) is 44.2. The van der Waals surface area contributed by atoms with Gasteiger partial charge in [-0.25, -0.2) is 9.59 Å². The minimum Gasteiger partial charge on any atom is -0.451 e. The molecule has 13 heteroatoms. The number of halogens is 3. The third kappa shape index (κ3) is 4.25. The third-order valence-corrected chi connectivity index (χ3v) is 6.84. The zero-order valence-electron chi connectivity index (χ0n) is 17.5. The lowest BCUT2D eigenvalue weighted by Gasteiger charge is -2.16. The molecule has 4 rings (SSSR count). The monoisotopic (exact) mass is 473 g/mol. The van der Waals surface area contributed by atoms with E-state index in [2.05, 4.69) is 15.0 Å². The van der Waals surface area contributed by atoms with Gasteiger partial charge in [-0.1, -0.05) is 0 Å². The van der Waals surface area contributed by atoms with Gasteiger partial charge >= 0.3 is 18.0 Å². The Kier molecular flexibility index (Phi) is 5.77. The van der Waals surface area contributed by atoms with Crippen LogP contribution in [0.25, 0.3) is 10.2 Å². The van der Waals surface area contributed by atoms with Crippen LogP contribution in [0.15, 0.2) is 14.6 Å². The second-order valence-electron chi connectivity index (χ2n) is 7.79. The number of aliphatic imine (C=N–C) groups is 1. The average Bonchev–Trinajstić information content (AvgIpc) is 3.37. The number of aromatic nitrogens is 2. The van der Waals surface area contributed by atoms with Gasteiger partial charge in [-0.3, -0.25) is 13.9 Å². The van der Waals surface area contributed by atoms with Gasteiger partial charge in [0.1, 0.15) is 4.83 Å². The molecule has 0 spiro atoms. The van der Waals surface area contributed by atoms with E-state index in [4.69, 9.17) is 0 Å². The minimum atomic E-state index is -4.43. The van der Waals surface area contributed by atoms with Gasteiger partial charge in [-0.2, -0.15) is 13.2 Å². The number of methoxy groups -OCH3 is 1. The topological polar surface area (TPSA) is 97.9 Å². The lowest BCUT2D eigenvalue weighted by molar-refractivity contribution is -0.136. The summed E-state index contributed by atoms with van der Waals surface area (Å²) in [6, 6.07) is -0.263. The number of carbonyl (C=O) groups is 1. The first-order valence-corrected chi connectivity index (χ1v) is 10.9. The Balaban J connectivity index is 1.79. The minimum absolute atomic E-state index is 0.243. The molecule has 3 heterocycles. The molecule has 1 aliphatic heterocycles. The Morgan fingerprint density at radius 2 is 2.03 bits per heavy atom. The maximum Gasteiger partial charge on any atom is 0.436 e. The van der Waals surface area contributed by atoms with Crippen LogP contribution in [-0.2, 0) is 17.8 Å². The number of ether oxygens (including phenoxy) is 1. The second kappa shape index (κ2) is 8.26. The first kappa shape index (κ1) is 22.4. The highest BCUT2D eigenvalue weighted by atomic mass is 32.1. The molecule has 2 aromatic rings. The number of rotatable bonds is 5. The number of aryl methyl sites for hydroxylation is 2. The fourth-order valence-corrected chi connectivity index (χ4v) is 5.07. The molecule has 1 aliphatic carbocycles. The molecule has 0 radical (unpaired) electrons. The van der Waals surface area contributed by atoms with Crippen molar-refractivity contribution in [2.24, 2.45) is 4.99 Å². The first-order valence-electron chi connectivity index (χ1n) is 10.1. The number of nitrogens with zero attached hydrogens (tertiary/aromatic N) is 4. The number of amides is 1. The second-order valence-corrected chi connectivity index (χ2v) is 8.87. The van der Waals surface area contributed by atoms with Gasteiger partial charge in [0.05, 0.1) is 25.5 Å². The quantitative estimate of drug-likeness (QED) is 0.716. The largest absolute Gasteiger partial charge is 0.451 e. The van der Waals surface area contributed by atoms with Crippen LogP contribution in [0.3, 0.4) is 0 Å². The van der Waals surface area contributed by atoms with Crippen LogP contribution < -0.4 is 16.6 Å². The van der Waals surface area contributed by atoms with Crippen LogP contribution in [0, 0.1) is 6.92 Å². The molecule has 9 nitrogen and oxygen atoms in total. The fraction of sp³-hybridized carbons (Fsp3) is 0.579. The van der Waals surface area contributed by atoms with E-state index in [-0.39, 0.29) is 22.8 Å². The van der Waals surface area contributed by atoms with Crippen molar-refractivity contribution in [1.29, 1.82) is 0 Å². The lowest BCUT2D eigenvalue weighted by Crippen LogP contribution is -2.39. The van der Waals surface area contributed by atoms with Crippen LogP contribution in [-0.4, -0.2) is 52.5 Å². The van der Waals surface area contributed by atoms with Crippen molar-refractivity contribution in [3.05, 3.63) is 31.3 Å². The summed E-state index contributed by atoms with van der Waals surface area (Å²) >= 11 is 1.13. The zero-order valence-corrected chi connectivity index (χ0v) is 18.3. The molecule has 0 unspecified atom stereocenters. The Bertz CT molecular complexity index is 1210. The number of alkyl halides is 3. The van der Waals surface area contributed by atoms with Gasteiger partial charge in [0.25, 0.3) is 5.56 Å². The van der Waals surface area contributed by atoms with E-state index in [1.54, 1.807) is 11.8 Å². The van der Waals surface area contributed by atoms with E-state index in [0.29, 0.717) is 42.3 Å². The van der Waals surface area contributed by atoms with Gasteiger partial charge < -0.3 is 15.0 Å². The highest BCUT2D eigenvalue weighted by molar-refractivity contribution is 7.18. The molecule has 174 valence electrons. The molecule has 0 bridgehead atoms. The fourth-order valence-electron chi connectivity index (χ4n) is 3.74. The van der Waals surface area contributed by atoms with Gasteiger partial charge in [0, 0.05) is 30.6 Å². The van der Waals surface area contributed by atoms with E-state index in [0.717, 1.165) is 20.5 Å². The number of guanidine groups is 1. The highest BCUT2D eigenvalue weighted by Gasteiger charge is 2.33.